The van der Waals surface area contributed by atoms with Crippen molar-refractivity contribution < 1.29 is 19.1 Å². The summed E-state index contributed by atoms with van der Waals surface area (Å²) in [4.78, 5) is 42.5. The lowest BCUT2D eigenvalue weighted by Crippen LogP contribution is -2.30. The van der Waals surface area contributed by atoms with Gasteiger partial charge in [0.2, 0.25) is 0 Å². The number of aromatic nitrogens is 3. The number of imide groups is 1. The van der Waals surface area contributed by atoms with Crippen molar-refractivity contribution >= 4 is 28.8 Å². The van der Waals surface area contributed by atoms with E-state index in [0.717, 1.165) is 11.0 Å². The lowest BCUT2D eigenvalue weighted by Gasteiger charge is -2.13. The maximum Gasteiger partial charge on any atom is 0.339 e. The number of nitrogens with zero attached hydrogens (tertiary/aromatic N) is 4. The summed E-state index contributed by atoms with van der Waals surface area (Å²) in [6.07, 6.45) is 4.27. The van der Waals surface area contributed by atoms with Crippen LogP contribution in [-0.4, -0.2) is 50.6 Å². The standard InChI is InChI=1S/C22H22N4O4/c1-14(2)26-19-15(13-24-26)11-16(12-23-19)22(29)30-10-6-5-9-25-20(27)17-7-3-4-8-18(17)21(25)28/h3-4,7-8,11-14H,5-6,9-10H2,1-2H3. The van der Waals surface area contributed by atoms with Crippen molar-refractivity contribution in [3.05, 3.63) is 59.4 Å². The number of fused-ring (bicyclic) bond motifs is 2. The van der Waals surface area contributed by atoms with Gasteiger partial charge in [0.15, 0.2) is 5.65 Å². The lowest BCUT2D eigenvalue weighted by molar-refractivity contribution is 0.0485. The molecule has 0 fully saturated rings. The number of esters is 1. The minimum atomic E-state index is -0.456. The van der Waals surface area contributed by atoms with Gasteiger partial charge in [-0.15, -0.1) is 0 Å². The highest BCUT2D eigenvalue weighted by Crippen LogP contribution is 2.22. The third kappa shape index (κ3) is 3.56. The summed E-state index contributed by atoms with van der Waals surface area (Å²) in [6, 6.07) is 8.70. The van der Waals surface area contributed by atoms with Gasteiger partial charge in [0, 0.05) is 24.2 Å². The Hall–Kier alpha value is -3.55. The van der Waals surface area contributed by atoms with Crippen molar-refractivity contribution in [2.75, 3.05) is 13.2 Å². The molecule has 1 aromatic carbocycles. The number of carbonyl (C=O) groups excluding carboxylic acids is 3. The highest BCUT2D eigenvalue weighted by atomic mass is 16.5. The molecule has 3 heterocycles. The van der Waals surface area contributed by atoms with E-state index in [0.29, 0.717) is 36.1 Å². The van der Waals surface area contributed by atoms with Crippen LogP contribution in [0.5, 0.6) is 0 Å². The first kappa shape index (κ1) is 19.8. The molecule has 2 aromatic heterocycles. The number of carbonyl (C=O) groups is 3. The second-order valence-electron chi connectivity index (χ2n) is 7.47. The molecule has 0 atom stereocenters. The van der Waals surface area contributed by atoms with Crippen LogP contribution in [0.4, 0.5) is 0 Å². The van der Waals surface area contributed by atoms with Crippen LogP contribution in [0.3, 0.4) is 0 Å². The Labute approximate surface area is 173 Å². The zero-order chi connectivity index (χ0) is 21.3. The Morgan fingerprint density at radius 2 is 1.77 bits per heavy atom. The summed E-state index contributed by atoms with van der Waals surface area (Å²) in [5.74, 6) is -0.995. The Morgan fingerprint density at radius 1 is 1.07 bits per heavy atom. The summed E-state index contributed by atoms with van der Waals surface area (Å²) >= 11 is 0. The number of ether oxygens (including phenoxy) is 1. The predicted octanol–water partition coefficient (Wildman–Crippen LogP) is 3.25. The second kappa shape index (κ2) is 8.06. The summed E-state index contributed by atoms with van der Waals surface area (Å²) in [5, 5.41) is 5.07. The minimum Gasteiger partial charge on any atom is -0.462 e. The summed E-state index contributed by atoms with van der Waals surface area (Å²) in [7, 11) is 0. The monoisotopic (exact) mass is 406 g/mol. The van der Waals surface area contributed by atoms with E-state index in [1.54, 1.807) is 41.2 Å². The molecule has 8 heteroatoms. The van der Waals surface area contributed by atoms with Crippen molar-refractivity contribution in [2.24, 2.45) is 0 Å². The van der Waals surface area contributed by atoms with Crippen LogP contribution < -0.4 is 0 Å². The van der Waals surface area contributed by atoms with Crippen LogP contribution in [0.1, 0.15) is 63.8 Å². The van der Waals surface area contributed by atoms with Gasteiger partial charge in [-0.25, -0.2) is 14.5 Å². The van der Waals surface area contributed by atoms with Crippen molar-refractivity contribution in [3.8, 4) is 0 Å². The number of benzene rings is 1. The summed E-state index contributed by atoms with van der Waals surface area (Å²) in [6.45, 7) is 4.52. The predicted molar refractivity (Wildman–Crippen MR) is 109 cm³/mol. The molecule has 8 nitrogen and oxygen atoms in total. The topological polar surface area (TPSA) is 94.4 Å². The zero-order valence-corrected chi connectivity index (χ0v) is 16.9. The van der Waals surface area contributed by atoms with E-state index < -0.39 is 5.97 Å². The Balaban J connectivity index is 1.27. The van der Waals surface area contributed by atoms with Crippen LogP contribution in [-0.2, 0) is 4.74 Å². The lowest BCUT2D eigenvalue weighted by atomic mass is 10.1. The van der Waals surface area contributed by atoms with Crippen LogP contribution in [0, 0.1) is 0 Å². The molecule has 1 aliphatic heterocycles. The molecular weight excluding hydrogens is 384 g/mol. The van der Waals surface area contributed by atoms with E-state index in [9.17, 15) is 14.4 Å². The number of amides is 2. The largest absolute Gasteiger partial charge is 0.462 e. The van der Waals surface area contributed by atoms with Crippen LogP contribution >= 0.6 is 0 Å². The molecule has 0 bridgehead atoms. The van der Waals surface area contributed by atoms with E-state index in [1.165, 1.54) is 11.1 Å². The van der Waals surface area contributed by atoms with Gasteiger partial charge in [0.25, 0.3) is 11.8 Å². The number of unbranched alkanes of at least 4 members (excludes halogenated alkanes) is 1. The van der Waals surface area contributed by atoms with Gasteiger partial charge in [-0.1, -0.05) is 12.1 Å². The highest BCUT2D eigenvalue weighted by molar-refractivity contribution is 6.21. The quantitative estimate of drug-likeness (QED) is 0.340. The SMILES string of the molecule is CC(C)n1ncc2cc(C(=O)OCCCCN3C(=O)c4ccccc4C3=O)cnc21. The second-order valence-corrected chi connectivity index (χ2v) is 7.47. The molecule has 0 radical (unpaired) electrons. The van der Waals surface area contributed by atoms with Gasteiger partial charge in [-0.3, -0.25) is 14.5 Å². The molecule has 0 N–H and O–H groups in total. The molecule has 154 valence electrons. The maximum absolute atomic E-state index is 12.3. The number of pyridine rings is 1. The van der Waals surface area contributed by atoms with Gasteiger partial charge < -0.3 is 4.74 Å². The van der Waals surface area contributed by atoms with Gasteiger partial charge in [-0.2, -0.15) is 5.10 Å². The maximum atomic E-state index is 12.3. The van der Waals surface area contributed by atoms with Crippen molar-refractivity contribution in [2.45, 2.75) is 32.7 Å². The minimum absolute atomic E-state index is 0.176. The fourth-order valence-corrected chi connectivity index (χ4v) is 3.49. The van der Waals surface area contributed by atoms with Crippen LogP contribution in [0.25, 0.3) is 11.0 Å². The number of rotatable bonds is 7. The molecule has 0 spiro atoms. The van der Waals surface area contributed by atoms with Gasteiger partial charge in [0.05, 0.1) is 29.5 Å². The van der Waals surface area contributed by atoms with E-state index in [4.69, 9.17) is 4.74 Å². The third-order valence-corrected chi connectivity index (χ3v) is 5.05. The van der Waals surface area contributed by atoms with E-state index in [1.807, 2.05) is 13.8 Å². The van der Waals surface area contributed by atoms with Gasteiger partial charge >= 0.3 is 5.97 Å². The molecule has 3 aromatic rings. The summed E-state index contributed by atoms with van der Waals surface area (Å²) < 4.78 is 7.11. The molecule has 0 unspecified atom stereocenters. The van der Waals surface area contributed by atoms with Crippen LogP contribution in [0.2, 0.25) is 0 Å². The highest BCUT2D eigenvalue weighted by Gasteiger charge is 2.34. The molecule has 0 saturated heterocycles. The molecule has 2 amide bonds. The molecular formula is C22H22N4O4. The zero-order valence-electron chi connectivity index (χ0n) is 16.9. The van der Waals surface area contributed by atoms with Gasteiger partial charge in [0.1, 0.15) is 0 Å². The van der Waals surface area contributed by atoms with E-state index >= 15 is 0 Å². The fourth-order valence-electron chi connectivity index (χ4n) is 3.49. The Kier molecular flexibility index (Phi) is 5.31. The number of hydrogen-bond donors (Lipinski definition) is 0. The molecule has 0 saturated carbocycles. The first-order chi connectivity index (χ1) is 14.5. The third-order valence-electron chi connectivity index (χ3n) is 5.05. The first-order valence-electron chi connectivity index (χ1n) is 9.93. The van der Waals surface area contributed by atoms with E-state index in [-0.39, 0.29) is 24.5 Å². The van der Waals surface area contributed by atoms with Gasteiger partial charge in [-0.05, 0) is 44.9 Å². The average molecular weight is 406 g/mol. The summed E-state index contributed by atoms with van der Waals surface area (Å²) in [5.41, 5.74) is 1.98. The normalized spacial score (nSPS) is 13.4. The number of hydrogen-bond acceptors (Lipinski definition) is 6. The molecule has 0 aliphatic carbocycles. The Morgan fingerprint density at radius 3 is 2.43 bits per heavy atom. The van der Waals surface area contributed by atoms with Crippen molar-refractivity contribution in [3.63, 3.8) is 0 Å². The first-order valence-corrected chi connectivity index (χ1v) is 9.93. The molecule has 30 heavy (non-hydrogen) atoms. The molecule has 1 aliphatic rings. The van der Waals surface area contributed by atoms with Crippen molar-refractivity contribution in [1.82, 2.24) is 19.7 Å². The Bertz CT molecular complexity index is 1100. The average Bonchev–Trinajstić information content (AvgIpc) is 3.28. The fraction of sp³-hybridized carbons (Fsp3) is 0.318. The smallest absolute Gasteiger partial charge is 0.339 e. The van der Waals surface area contributed by atoms with E-state index in [2.05, 4.69) is 10.1 Å². The van der Waals surface area contributed by atoms with Crippen LogP contribution in [0.15, 0.2) is 42.7 Å². The van der Waals surface area contributed by atoms with Crippen molar-refractivity contribution in [1.29, 1.82) is 0 Å². The molecule has 4 rings (SSSR count).